The van der Waals surface area contributed by atoms with Gasteiger partial charge in [0, 0.05) is 17.5 Å². The fourth-order valence-corrected chi connectivity index (χ4v) is 3.40. The van der Waals surface area contributed by atoms with Crippen LogP contribution in [0.15, 0.2) is 47.8 Å². The van der Waals surface area contributed by atoms with Gasteiger partial charge in [0.2, 0.25) is 0 Å². The molecule has 2 N–H and O–H groups in total. The number of carbonyl (C=O) groups is 1. The first-order chi connectivity index (χ1) is 13.6. The molecule has 0 radical (unpaired) electrons. The molecule has 3 rings (SSSR count). The fourth-order valence-electron chi connectivity index (χ4n) is 2.59. The summed E-state index contributed by atoms with van der Waals surface area (Å²) < 4.78 is 16.2. The number of hydrogen-bond donors (Lipinski definition) is 1. The predicted molar refractivity (Wildman–Crippen MR) is 109 cm³/mol. The number of hydrogen-bond acceptors (Lipinski definition) is 7. The number of ether oxygens (including phenoxy) is 3. The summed E-state index contributed by atoms with van der Waals surface area (Å²) in [6.45, 7) is 2.40. The first kappa shape index (κ1) is 19.7. The maximum atomic E-state index is 11.8. The minimum absolute atomic E-state index is 0.313. The van der Waals surface area contributed by atoms with Crippen LogP contribution in [0.25, 0.3) is 0 Å². The first-order valence-electron chi connectivity index (χ1n) is 8.84. The van der Waals surface area contributed by atoms with E-state index in [1.54, 1.807) is 36.5 Å². The number of benzene rings is 2. The zero-order valence-corrected chi connectivity index (χ0v) is 16.6. The molecule has 0 fully saturated rings. The number of thiazole rings is 1. The number of esters is 1. The summed E-state index contributed by atoms with van der Waals surface area (Å²) in [5.41, 5.74) is 8.89. The van der Waals surface area contributed by atoms with Crippen LogP contribution in [0.1, 0.15) is 33.5 Å². The Morgan fingerprint density at radius 2 is 1.93 bits per heavy atom. The largest absolute Gasteiger partial charge is 0.493 e. The SMILES string of the molecule is CCOC(=O)c1ccc(OCc2csc(Cc3ccc(N)cc3)n2)c(OC)c1. The molecule has 0 bridgehead atoms. The van der Waals surface area contributed by atoms with E-state index in [1.807, 2.05) is 29.6 Å². The molecule has 28 heavy (non-hydrogen) atoms. The average molecular weight is 398 g/mol. The molecular weight excluding hydrogens is 376 g/mol. The highest BCUT2D eigenvalue weighted by Gasteiger charge is 2.13. The lowest BCUT2D eigenvalue weighted by atomic mass is 10.1. The molecule has 1 heterocycles. The number of methoxy groups -OCH3 is 1. The highest BCUT2D eigenvalue weighted by molar-refractivity contribution is 7.09. The molecular formula is C21H22N2O4S. The summed E-state index contributed by atoms with van der Waals surface area (Å²) in [7, 11) is 1.53. The zero-order valence-electron chi connectivity index (χ0n) is 15.8. The predicted octanol–water partition coefficient (Wildman–Crippen LogP) is 4.08. The standard InChI is InChI=1S/C21H22N2O4S/c1-3-26-21(24)15-6-9-18(19(11-15)25-2)27-12-17-13-28-20(23-17)10-14-4-7-16(22)8-5-14/h4-9,11,13H,3,10,12,22H2,1-2H3. The second kappa shape index (κ2) is 9.23. The van der Waals surface area contributed by atoms with E-state index in [2.05, 4.69) is 4.98 Å². The van der Waals surface area contributed by atoms with Gasteiger partial charge in [0.25, 0.3) is 0 Å². The Balaban J connectivity index is 1.63. The normalized spacial score (nSPS) is 10.5. The lowest BCUT2D eigenvalue weighted by Crippen LogP contribution is -2.05. The summed E-state index contributed by atoms with van der Waals surface area (Å²) in [6.07, 6.45) is 0.752. The van der Waals surface area contributed by atoms with Crippen LogP contribution in [-0.4, -0.2) is 24.7 Å². The Hall–Kier alpha value is -3.06. The van der Waals surface area contributed by atoms with Gasteiger partial charge < -0.3 is 19.9 Å². The Labute approximate surface area is 167 Å². The van der Waals surface area contributed by atoms with Gasteiger partial charge in [0.1, 0.15) is 6.61 Å². The number of carbonyl (C=O) groups excluding carboxylic acids is 1. The van der Waals surface area contributed by atoms with E-state index in [4.69, 9.17) is 19.9 Å². The van der Waals surface area contributed by atoms with Crippen molar-refractivity contribution in [2.45, 2.75) is 20.0 Å². The quantitative estimate of drug-likeness (QED) is 0.455. The molecule has 0 saturated heterocycles. The van der Waals surface area contributed by atoms with E-state index in [0.717, 1.165) is 28.4 Å². The third kappa shape index (κ3) is 5.01. The van der Waals surface area contributed by atoms with Crippen molar-refractivity contribution in [3.63, 3.8) is 0 Å². The van der Waals surface area contributed by atoms with Crippen LogP contribution in [0.5, 0.6) is 11.5 Å². The van der Waals surface area contributed by atoms with Crippen molar-refractivity contribution in [3.8, 4) is 11.5 Å². The summed E-state index contributed by atoms with van der Waals surface area (Å²) in [6, 6.07) is 12.8. The number of nitrogen functional groups attached to an aromatic ring is 1. The minimum Gasteiger partial charge on any atom is -0.493 e. The molecule has 3 aromatic rings. The van der Waals surface area contributed by atoms with E-state index in [1.165, 1.54) is 7.11 Å². The van der Waals surface area contributed by atoms with Gasteiger partial charge in [-0.1, -0.05) is 12.1 Å². The van der Waals surface area contributed by atoms with Crippen molar-refractivity contribution in [2.75, 3.05) is 19.5 Å². The number of nitrogens with two attached hydrogens (primary N) is 1. The highest BCUT2D eigenvalue weighted by Crippen LogP contribution is 2.29. The zero-order chi connectivity index (χ0) is 19.9. The lowest BCUT2D eigenvalue weighted by molar-refractivity contribution is 0.0526. The molecule has 0 amide bonds. The topological polar surface area (TPSA) is 83.7 Å². The van der Waals surface area contributed by atoms with Crippen LogP contribution in [0.3, 0.4) is 0 Å². The van der Waals surface area contributed by atoms with Crippen LogP contribution >= 0.6 is 11.3 Å². The van der Waals surface area contributed by atoms with Gasteiger partial charge >= 0.3 is 5.97 Å². The fraction of sp³-hybridized carbons (Fsp3) is 0.238. The van der Waals surface area contributed by atoms with Gasteiger partial charge in [0.15, 0.2) is 11.5 Å². The van der Waals surface area contributed by atoms with Crippen molar-refractivity contribution in [1.29, 1.82) is 0 Å². The molecule has 0 aliphatic carbocycles. The number of anilines is 1. The highest BCUT2D eigenvalue weighted by atomic mass is 32.1. The molecule has 0 aliphatic rings. The number of aromatic nitrogens is 1. The maximum absolute atomic E-state index is 11.8. The molecule has 1 aromatic heterocycles. The van der Waals surface area contributed by atoms with Crippen LogP contribution in [-0.2, 0) is 17.8 Å². The molecule has 0 unspecified atom stereocenters. The first-order valence-corrected chi connectivity index (χ1v) is 9.72. The number of nitrogens with zero attached hydrogens (tertiary/aromatic N) is 1. The summed E-state index contributed by atoms with van der Waals surface area (Å²) in [5, 5.41) is 2.99. The summed E-state index contributed by atoms with van der Waals surface area (Å²) >= 11 is 1.59. The maximum Gasteiger partial charge on any atom is 0.338 e. The van der Waals surface area contributed by atoms with Crippen LogP contribution in [0, 0.1) is 0 Å². The number of rotatable bonds is 8. The van der Waals surface area contributed by atoms with Crippen molar-refractivity contribution in [2.24, 2.45) is 0 Å². The third-order valence-corrected chi connectivity index (χ3v) is 4.88. The Kier molecular flexibility index (Phi) is 6.49. The molecule has 0 spiro atoms. The Bertz CT molecular complexity index is 938. The van der Waals surface area contributed by atoms with Gasteiger partial charge in [-0.15, -0.1) is 11.3 Å². The molecule has 0 saturated carbocycles. The van der Waals surface area contributed by atoms with Crippen LogP contribution in [0.4, 0.5) is 5.69 Å². The van der Waals surface area contributed by atoms with Crippen molar-refractivity contribution < 1.29 is 19.0 Å². The summed E-state index contributed by atoms with van der Waals surface area (Å²) in [5.74, 6) is 0.630. The second-order valence-electron chi connectivity index (χ2n) is 6.03. The van der Waals surface area contributed by atoms with Gasteiger partial charge in [-0.3, -0.25) is 0 Å². The van der Waals surface area contributed by atoms with E-state index >= 15 is 0 Å². The Morgan fingerprint density at radius 3 is 2.64 bits per heavy atom. The van der Waals surface area contributed by atoms with Gasteiger partial charge in [-0.2, -0.15) is 0 Å². The van der Waals surface area contributed by atoms with E-state index in [-0.39, 0.29) is 5.97 Å². The van der Waals surface area contributed by atoms with Crippen LogP contribution < -0.4 is 15.2 Å². The van der Waals surface area contributed by atoms with Crippen LogP contribution in [0.2, 0.25) is 0 Å². The third-order valence-electron chi connectivity index (χ3n) is 3.98. The van der Waals surface area contributed by atoms with Gasteiger partial charge in [-0.05, 0) is 42.8 Å². The minimum atomic E-state index is -0.390. The monoisotopic (exact) mass is 398 g/mol. The van der Waals surface area contributed by atoms with Gasteiger partial charge in [0.05, 0.1) is 30.0 Å². The van der Waals surface area contributed by atoms with Crippen molar-refractivity contribution in [1.82, 2.24) is 4.98 Å². The van der Waals surface area contributed by atoms with E-state index in [0.29, 0.717) is 30.3 Å². The molecule has 0 aliphatic heterocycles. The Morgan fingerprint density at radius 1 is 1.14 bits per heavy atom. The molecule has 146 valence electrons. The lowest BCUT2D eigenvalue weighted by Gasteiger charge is -2.11. The average Bonchev–Trinajstić information content (AvgIpc) is 3.15. The van der Waals surface area contributed by atoms with Gasteiger partial charge in [-0.25, -0.2) is 9.78 Å². The second-order valence-corrected chi connectivity index (χ2v) is 6.97. The van der Waals surface area contributed by atoms with Crippen molar-refractivity contribution >= 4 is 23.0 Å². The van der Waals surface area contributed by atoms with E-state index in [9.17, 15) is 4.79 Å². The molecule has 6 nitrogen and oxygen atoms in total. The van der Waals surface area contributed by atoms with E-state index < -0.39 is 0 Å². The molecule has 0 atom stereocenters. The van der Waals surface area contributed by atoms with Crippen molar-refractivity contribution in [3.05, 3.63) is 69.7 Å². The summed E-state index contributed by atoms with van der Waals surface area (Å²) in [4.78, 5) is 16.5. The molecule has 2 aromatic carbocycles. The molecule has 7 heteroatoms. The smallest absolute Gasteiger partial charge is 0.338 e.